The molecule has 22 heavy (non-hydrogen) atoms. The fourth-order valence-electron chi connectivity index (χ4n) is 1.62. The van der Waals surface area contributed by atoms with Crippen LogP contribution < -0.4 is 10.1 Å². The number of esters is 1. The Bertz CT molecular complexity index is 627. The maximum atomic E-state index is 11.6. The third-order valence-electron chi connectivity index (χ3n) is 2.64. The molecule has 6 nitrogen and oxygen atoms in total. The Balaban J connectivity index is 1.61. The average Bonchev–Trinajstić information content (AvgIpc) is 2.97. The van der Waals surface area contributed by atoms with Gasteiger partial charge in [0.1, 0.15) is 18.1 Å². The largest absolute Gasteiger partial charge is 0.492 e. The van der Waals surface area contributed by atoms with Gasteiger partial charge in [0.15, 0.2) is 6.61 Å². The average molecular weight is 367 g/mol. The maximum absolute atomic E-state index is 11.6. The van der Waals surface area contributed by atoms with E-state index >= 15 is 0 Å². The molecular formula is C15H15BrN2O4. The van der Waals surface area contributed by atoms with Crippen LogP contribution in [0.5, 0.6) is 5.75 Å². The van der Waals surface area contributed by atoms with E-state index in [4.69, 9.17) is 9.47 Å². The zero-order valence-corrected chi connectivity index (χ0v) is 13.3. The normalized spacial score (nSPS) is 10.0. The molecule has 0 aliphatic heterocycles. The Hall–Kier alpha value is -2.28. The van der Waals surface area contributed by atoms with E-state index in [-0.39, 0.29) is 18.2 Å². The van der Waals surface area contributed by atoms with Crippen molar-refractivity contribution in [2.45, 2.75) is 0 Å². The number of aromatic nitrogens is 1. The SMILES string of the molecule is O=C(COC(=O)c1cc(Br)c[nH]1)NCCOc1ccccc1. The Kier molecular flexibility index (Phi) is 6.02. The van der Waals surface area contributed by atoms with Gasteiger partial charge < -0.3 is 19.8 Å². The van der Waals surface area contributed by atoms with Gasteiger partial charge in [-0.05, 0) is 34.1 Å². The quantitative estimate of drug-likeness (QED) is 0.580. The fraction of sp³-hybridized carbons (Fsp3) is 0.200. The first-order valence-corrected chi connectivity index (χ1v) is 7.40. The highest BCUT2D eigenvalue weighted by Gasteiger charge is 2.11. The summed E-state index contributed by atoms with van der Waals surface area (Å²) in [5, 5.41) is 2.60. The first kappa shape index (κ1) is 16.1. The minimum absolute atomic E-state index is 0.284. The Morgan fingerprint density at radius 2 is 2.00 bits per heavy atom. The van der Waals surface area contributed by atoms with E-state index in [9.17, 15) is 9.59 Å². The second kappa shape index (κ2) is 8.23. The number of hydrogen-bond donors (Lipinski definition) is 2. The van der Waals surface area contributed by atoms with E-state index in [1.807, 2.05) is 30.3 Å². The Labute approximate surface area is 135 Å². The van der Waals surface area contributed by atoms with Crippen molar-refractivity contribution >= 4 is 27.8 Å². The number of carbonyl (C=O) groups is 2. The molecule has 2 aromatic rings. The Morgan fingerprint density at radius 1 is 1.23 bits per heavy atom. The summed E-state index contributed by atoms with van der Waals surface area (Å²) in [5.41, 5.74) is 0.284. The highest BCUT2D eigenvalue weighted by molar-refractivity contribution is 9.10. The molecule has 0 aliphatic rings. The molecule has 2 N–H and O–H groups in total. The highest BCUT2D eigenvalue weighted by Crippen LogP contribution is 2.11. The van der Waals surface area contributed by atoms with Crippen LogP contribution in [0.1, 0.15) is 10.5 Å². The third kappa shape index (κ3) is 5.25. The molecule has 0 aliphatic carbocycles. The molecule has 1 heterocycles. The molecule has 2 rings (SSSR count). The van der Waals surface area contributed by atoms with Crippen LogP contribution in [0.15, 0.2) is 47.1 Å². The first-order chi connectivity index (χ1) is 10.6. The monoisotopic (exact) mass is 366 g/mol. The molecular weight excluding hydrogens is 352 g/mol. The number of para-hydroxylation sites is 1. The molecule has 0 radical (unpaired) electrons. The van der Waals surface area contributed by atoms with Crippen LogP contribution in [0, 0.1) is 0 Å². The summed E-state index contributed by atoms with van der Waals surface area (Å²) in [6, 6.07) is 10.9. The van der Waals surface area contributed by atoms with Crippen molar-refractivity contribution in [1.29, 1.82) is 0 Å². The van der Waals surface area contributed by atoms with Crippen molar-refractivity contribution in [2.75, 3.05) is 19.8 Å². The number of aromatic amines is 1. The van der Waals surface area contributed by atoms with Crippen molar-refractivity contribution in [3.8, 4) is 5.75 Å². The lowest BCUT2D eigenvalue weighted by Crippen LogP contribution is -2.32. The van der Waals surface area contributed by atoms with Gasteiger partial charge in [-0.25, -0.2) is 4.79 Å². The molecule has 0 atom stereocenters. The summed E-state index contributed by atoms with van der Waals surface area (Å²) in [4.78, 5) is 25.9. The molecule has 0 spiro atoms. The zero-order valence-electron chi connectivity index (χ0n) is 11.7. The maximum Gasteiger partial charge on any atom is 0.355 e. The number of hydrogen-bond acceptors (Lipinski definition) is 4. The first-order valence-electron chi connectivity index (χ1n) is 6.61. The van der Waals surface area contributed by atoms with E-state index in [0.29, 0.717) is 13.2 Å². The van der Waals surface area contributed by atoms with E-state index in [1.54, 1.807) is 12.3 Å². The second-order valence-electron chi connectivity index (χ2n) is 4.32. The van der Waals surface area contributed by atoms with Crippen molar-refractivity contribution in [1.82, 2.24) is 10.3 Å². The van der Waals surface area contributed by atoms with Crippen LogP contribution in [0.2, 0.25) is 0 Å². The third-order valence-corrected chi connectivity index (χ3v) is 3.10. The van der Waals surface area contributed by atoms with Crippen molar-refractivity contribution in [2.24, 2.45) is 0 Å². The molecule has 1 aromatic carbocycles. The predicted molar refractivity (Wildman–Crippen MR) is 83.7 cm³/mol. The van der Waals surface area contributed by atoms with Crippen LogP contribution in [-0.4, -0.2) is 36.6 Å². The summed E-state index contributed by atoms with van der Waals surface area (Å²) in [7, 11) is 0. The van der Waals surface area contributed by atoms with E-state index in [1.165, 1.54) is 0 Å². The summed E-state index contributed by atoms with van der Waals surface area (Å²) in [6.45, 7) is 0.341. The highest BCUT2D eigenvalue weighted by atomic mass is 79.9. The van der Waals surface area contributed by atoms with Gasteiger partial charge in [0.25, 0.3) is 5.91 Å². The van der Waals surface area contributed by atoms with Gasteiger partial charge in [-0.2, -0.15) is 0 Å². The van der Waals surface area contributed by atoms with Gasteiger partial charge in [-0.15, -0.1) is 0 Å². The molecule has 0 unspecified atom stereocenters. The number of halogens is 1. The van der Waals surface area contributed by atoms with Crippen LogP contribution in [-0.2, 0) is 9.53 Å². The molecule has 1 aromatic heterocycles. The molecule has 0 saturated heterocycles. The summed E-state index contributed by atoms with van der Waals surface area (Å²) >= 11 is 3.21. The fourth-order valence-corrected chi connectivity index (χ4v) is 1.97. The van der Waals surface area contributed by atoms with Crippen LogP contribution >= 0.6 is 15.9 Å². The van der Waals surface area contributed by atoms with Gasteiger partial charge in [0, 0.05) is 10.7 Å². The van der Waals surface area contributed by atoms with Crippen LogP contribution in [0.25, 0.3) is 0 Å². The topological polar surface area (TPSA) is 80.4 Å². The molecule has 7 heteroatoms. The minimum atomic E-state index is -0.582. The van der Waals surface area contributed by atoms with E-state index < -0.39 is 5.97 Å². The van der Waals surface area contributed by atoms with Gasteiger partial charge in [0.05, 0.1) is 6.54 Å². The molecule has 116 valence electrons. The minimum Gasteiger partial charge on any atom is -0.492 e. The molecule has 0 bridgehead atoms. The Morgan fingerprint density at radius 3 is 2.68 bits per heavy atom. The second-order valence-corrected chi connectivity index (χ2v) is 5.23. The standard InChI is InChI=1S/C15H15BrN2O4/c16-11-8-13(18-9-11)15(20)22-10-14(19)17-6-7-21-12-4-2-1-3-5-12/h1-5,8-9,18H,6-7,10H2,(H,17,19). The number of amides is 1. The van der Waals surface area contributed by atoms with Crippen LogP contribution in [0.4, 0.5) is 0 Å². The van der Waals surface area contributed by atoms with Crippen LogP contribution in [0.3, 0.4) is 0 Å². The van der Waals surface area contributed by atoms with Gasteiger partial charge >= 0.3 is 5.97 Å². The summed E-state index contributed by atoms with van der Waals surface area (Å²) in [5.74, 6) is -0.225. The lowest BCUT2D eigenvalue weighted by atomic mass is 10.3. The van der Waals surface area contributed by atoms with Crippen molar-refractivity contribution in [3.63, 3.8) is 0 Å². The summed E-state index contributed by atoms with van der Waals surface area (Å²) < 4.78 is 11.0. The number of carbonyl (C=O) groups excluding carboxylic acids is 2. The smallest absolute Gasteiger partial charge is 0.355 e. The van der Waals surface area contributed by atoms with Gasteiger partial charge in [-0.1, -0.05) is 18.2 Å². The molecule has 1 amide bonds. The molecule has 0 saturated carbocycles. The molecule has 0 fully saturated rings. The number of ether oxygens (including phenoxy) is 2. The number of rotatable bonds is 7. The lowest BCUT2D eigenvalue weighted by molar-refractivity contribution is -0.124. The van der Waals surface area contributed by atoms with Gasteiger partial charge in [-0.3, -0.25) is 4.79 Å². The van der Waals surface area contributed by atoms with E-state index in [2.05, 4.69) is 26.2 Å². The van der Waals surface area contributed by atoms with Crippen molar-refractivity contribution in [3.05, 3.63) is 52.8 Å². The van der Waals surface area contributed by atoms with E-state index in [0.717, 1.165) is 10.2 Å². The predicted octanol–water partition coefficient (Wildman–Crippen LogP) is 2.13. The lowest BCUT2D eigenvalue weighted by Gasteiger charge is -2.08. The summed E-state index contributed by atoms with van der Waals surface area (Å²) in [6.07, 6.45) is 1.61. The van der Waals surface area contributed by atoms with Gasteiger partial charge in [0.2, 0.25) is 0 Å². The number of nitrogens with one attached hydrogen (secondary N) is 2. The number of benzene rings is 1. The number of H-pyrrole nitrogens is 1. The zero-order chi connectivity index (χ0) is 15.8. The van der Waals surface area contributed by atoms with Crippen molar-refractivity contribution < 1.29 is 19.1 Å².